The Labute approximate surface area is 110 Å². The number of hydrogen-bond acceptors (Lipinski definition) is 1. The minimum Gasteiger partial charge on any atom is -0.335 e. The van der Waals surface area contributed by atoms with Gasteiger partial charge in [-0.1, -0.05) is 44.6 Å². The molecule has 3 heteroatoms. The third kappa shape index (κ3) is 4.71. The van der Waals surface area contributed by atoms with Gasteiger partial charge in [-0.05, 0) is 31.6 Å². The number of rotatable bonds is 3. The second-order valence-electron chi connectivity index (χ2n) is 5.71. The van der Waals surface area contributed by atoms with E-state index in [9.17, 15) is 4.79 Å². The summed E-state index contributed by atoms with van der Waals surface area (Å²) in [7, 11) is 0. The Morgan fingerprint density at radius 1 is 0.889 bits per heavy atom. The molecule has 0 aliphatic heterocycles. The number of carbonyl (C=O) groups excluding carboxylic acids is 1. The van der Waals surface area contributed by atoms with Gasteiger partial charge < -0.3 is 10.6 Å². The first-order valence-corrected chi connectivity index (χ1v) is 7.58. The van der Waals surface area contributed by atoms with Crippen molar-refractivity contribution in [1.29, 1.82) is 0 Å². The molecule has 0 aromatic rings. The van der Waals surface area contributed by atoms with E-state index in [4.69, 9.17) is 0 Å². The summed E-state index contributed by atoms with van der Waals surface area (Å²) >= 11 is 0. The van der Waals surface area contributed by atoms with Crippen molar-refractivity contribution in [2.75, 3.05) is 0 Å². The molecular weight excluding hydrogens is 224 g/mol. The number of urea groups is 1. The lowest BCUT2D eigenvalue weighted by Crippen LogP contribution is -2.41. The lowest BCUT2D eigenvalue weighted by Gasteiger charge is -2.22. The van der Waals surface area contributed by atoms with E-state index in [-0.39, 0.29) is 6.03 Å². The van der Waals surface area contributed by atoms with Gasteiger partial charge in [0.15, 0.2) is 0 Å². The maximum atomic E-state index is 11.7. The predicted molar refractivity (Wildman–Crippen MR) is 74.3 cm³/mol. The molecule has 0 radical (unpaired) electrons. The third-order valence-electron chi connectivity index (χ3n) is 4.17. The lowest BCUT2D eigenvalue weighted by atomic mass is 9.89. The van der Waals surface area contributed by atoms with E-state index in [1.54, 1.807) is 0 Å². The van der Waals surface area contributed by atoms with Gasteiger partial charge >= 0.3 is 6.03 Å². The largest absolute Gasteiger partial charge is 0.335 e. The number of carbonyl (C=O) groups is 1. The molecule has 2 aliphatic rings. The molecule has 0 spiro atoms. The van der Waals surface area contributed by atoms with E-state index in [1.165, 1.54) is 51.4 Å². The fourth-order valence-corrected chi connectivity index (χ4v) is 3.06. The van der Waals surface area contributed by atoms with E-state index in [0.717, 1.165) is 12.8 Å². The zero-order valence-electron chi connectivity index (χ0n) is 11.3. The summed E-state index contributed by atoms with van der Waals surface area (Å²) in [5.41, 5.74) is 0. The number of hydrogen-bond donors (Lipinski definition) is 2. The van der Waals surface area contributed by atoms with Crippen LogP contribution in [0, 0.1) is 5.92 Å². The maximum Gasteiger partial charge on any atom is 0.318 e. The van der Waals surface area contributed by atoms with Crippen molar-refractivity contribution >= 4 is 6.03 Å². The van der Waals surface area contributed by atoms with Gasteiger partial charge in [0.25, 0.3) is 0 Å². The van der Waals surface area contributed by atoms with Gasteiger partial charge in [-0.15, -0.1) is 0 Å². The standard InChI is InChI=1S/C15H26N2O/c18-15(17-14-9-5-2-6-10-14)16-12-11-13-7-3-1-4-8-13/h11-14H,1-10H2,(H2,16,17,18)/b12-11+. The van der Waals surface area contributed by atoms with Gasteiger partial charge in [0.05, 0.1) is 0 Å². The van der Waals surface area contributed by atoms with Crippen LogP contribution in [0.4, 0.5) is 4.79 Å². The van der Waals surface area contributed by atoms with Crippen LogP contribution in [0.2, 0.25) is 0 Å². The van der Waals surface area contributed by atoms with Gasteiger partial charge in [-0.2, -0.15) is 0 Å². The average Bonchev–Trinajstić information content (AvgIpc) is 2.41. The van der Waals surface area contributed by atoms with Crippen LogP contribution in [0.1, 0.15) is 64.2 Å². The highest BCUT2D eigenvalue weighted by Crippen LogP contribution is 2.24. The highest BCUT2D eigenvalue weighted by Gasteiger charge is 2.15. The van der Waals surface area contributed by atoms with Crippen LogP contribution >= 0.6 is 0 Å². The second-order valence-corrected chi connectivity index (χ2v) is 5.71. The SMILES string of the molecule is O=C(N/C=C/C1CCCCC1)NC1CCCCC1. The number of nitrogens with one attached hydrogen (secondary N) is 2. The van der Waals surface area contributed by atoms with Gasteiger partial charge in [0, 0.05) is 12.2 Å². The minimum absolute atomic E-state index is 0.0334. The van der Waals surface area contributed by atoms with Crippen molar-refractivity contribution in [3.05, 3.63) is 12.3 Å². The first kappa shape index (κ1) is 13.4. The molecule has 102 valence electrons. The Kier molecular flexibility index (Phi) is 5.56. The van der Waals surface area contributed by atoms with Crippen LogP contribution in [0.3, 0.4) is 0 Å². The zero-order valence-corrected chi connectivity index (χ0v) is 11.3. The van der Waals surface area contributed by atoms with Crippen LogP contribution in [0.25, 0.3) is 0 Å². The fraction of sp³-hybridized carbons (Fsp3) is 0.800. The van der Waals surface area contributed by atoms with Gasteiger partial charge in [-0.3, -0.25) is 0 Å². The van der Waals surface area contributed by atoms with Crippen molar-refractivity contribution in [2.24, 2.45) is 5.92 Å². The summed E-state index contributed by atoms with van der Waals surface area (Å²) in [5, 5.41) is 5.90. The second kappa shape index (κ2) is 7.45. The predicted octanol–water partition coefficient (Wildman–Crippen LogP) is 3.71. The van der Waals surface area contributed by atoms with Crippen molar-refractivity contribution < 1.29 is 4.79 Å². The molecule has 2 aliphatic carbocycles. The van der Waals surface area contributed by atoms with E-state index >= 15 is 0 Å². The van der Waals surface area contributed by atoms with E-state index in [1.807, 2.05) is 6.20 Å². The summed E-state index contributed by atoms with van der Waals surface area (Å²) in [6.45, 7) is 0. The zero-order chi connectivity index (χ0) is 12.6. The monoisotopic (exact) mass is 250 g/mol. The van der Waals surface area contributed by atoms with Crippen molar-refractivity contribution in [1.82, 2.24) is 10.6 Å². The molecular formula is C15H26N2O. The van der Waals surface area contributed by atoms with Crippen LogP contribution in [0.5, 0.6) is 0 Å². The van der Waals surface area contributed by atoms with Gasteiger partial charge in [0.1, 0.15) is 0 Å². The van der Waals surface area contributed by atoms with Crippen molar-refractivity contribution in [2.45, 2.75) is 70.3 Å². The molecule has 18 heavy (non-hydrogen) atoms. The Hall–Kier alpha value is -0.990. The number of amides is 2. The Bertz CT molecular complexity index is 276. The Morgan fingerprint density at radius 3 is 2.17 bits per heavy atom. The topological polar surface area (TPSA) is 41.1 Å². The molecule has 0 bridgehead atoms. The minimum atomic E-state index is -0.0334. The fourth-order valence-electron chi connectivity index (χ4n) is 3.06. The summed E-state index contributed by atoms with van der Waals surface area (Å²) < 4.78 is 0. The first-order valence-electron chi connectivity index (χ1n) is 7.58. The molecule has 0 atom stereocenters. The molecule has 2 rings (SSSR count). The molecule has 2 saturated carbocycles. The van der Waals surface area contributed by atoms with E-state index < -0.39 is 0 Å². The van der Waals surface area contributed by atoms with Crippen LogP contribution < -0.4 is 10.6 Å². The van der Waals surface area contributed by atoms with E-state index in [0.29, 0.717) is 12.0 Å². The Balaban J connectivity index is 1.62. The summed E-state index contributed by atoms with van der Waals surface area (Å²) in [6.07, 6.45) is 16.7. The maximum absolute atomic E-state index is 11.7. The van der Waals surface area contributed by atoms with Gasteiger partial charge in [0.2, 0.25) is 0 Å². The molecule has 0 heterocycles. The molecule has 0 aromatic heterocycles. The molecule has 2 N–H and O–H groups in total. The lowest BCUT2D eigenvalue weighted by molar-refractivity contribution is 0.236. The molecule has 0 saturated heterocycles. The Morgan fingerprint density at radius 2 is 1.50 bits per heavy atom. The van der Waals surface area contributed by atoms with Crippen molar-refractivity contribution in [3.63, 3.8) is 0 Å². The molecule has 2 amide bonds. The van der Waals surface area contributed by atoms with E-state index in [2.05, 4.69) is 16.7 Å². The average molecular weight is 250 g/mol. The third-order valence-corrected chi connectivity index (χ3v) is 4.17. The quantitative estimate of drug-likeness (QED) is 0.787. The highest BCUT2D eigenvalue weighted by atomic mass is 16.2. The van der Waals surface area contributed by atoms with Crippen LogP contribution in [-0.4, -0.2) is 12.1 Å². The molecule has 0 unspecified atom stereocenters. The smallest absolute Gasteiger partial charge is 0.318 e. The van der Waals surface area contributed by atoms with Gasteiger partial charge in [-0.25, -0.2) is 4.79 Å². The number of allylic oxidation sites excluding steroid dienone is 1. The normalized spacial score (nSPS) is 23.1. The summed E-state index contributed by atoms with van der Waals surface area (Å²) in [6, 6.07) is 0.357. The van der Waals surface area contributed by atoms with Crippen LogP contribution in [0.15, 0.2) is 12.3 Å². The molecule has 0 aromatic carbocycles. The highest BCUT2D eigenvalue weighted by molar-refractivity contribution is 5.75. The first-order chi connectivity index (χ1) is 8.84. The molecule has 2 fully saturated rings. The summed E-state index contributed by atoms with van der Waals surface area (Å²) in [5.74, 6) is 0.675. The molecule has 3 nitrogen and oxygen atoms in total. The van der Waals surface area contributed by atoms with Crippen molar-refractivity contribution in [3.8, 4) is 0 Å². The summed E-state index contributed by atoms with van der Waals surface area (Å²) in [4.78, 5) is 11.7. The van der Waals surface area contributed by atoms with Crippen LogP contribution in [-0.2, 0) is 0 Å².